The Morgan fingerprint density at radius 1 is 1.19 bits per heavy atom. The molecule has 0 bridgehead atoms. The van der Waals surface area contributed by atoms with E-state index in [-0.39, 0.29) is 5.78 Å². The van der Waals surface area contributed by atoms with Crippen LogP contribution in [0.25, 0.3) is 0 Å². The van der Waals surface area contributed by atoms with Crippen LogP contribution in [0.3, 0.4) is 0 Å². The second kappa shape index (κ2) is 4.79. The number of hydrogen-bond acceptors (Lipinski definition) is 2. The Bertz CT molecular complexity index is 452. The van der Waals surface area contributed by atoms with E-state index >= 15 is 0 Å². The van der Waals surface area contributed by atoms with Crippen molar-refractivity contribution in [3.8, 4) is 0 Å². The van der Waals surface area contributed by atoms with Crippen LogP contribution >= 0.6 is 0 Å². The zero-order valence-electron chi connectivity index (χ0n) is 9.27. The highest BCUT2D eigenvalue weighted by molar-refractivity contribution is 5.97. The third-order valence-corrected chi connectivity index (χ3v) is 2.60. The van der Waals surface area contributed by atoms with Gasteiger partial charge in [-0.3, -0.25) is 4.79 Å². The van der Waals surface area contributed by atoms with Crippen molar-refractivity contribution in [3.63, 3.8) is 0 Å². The van der Waals surface area contributed by atoms with Crippen molar-refractivity contribution in [1.29, 1.82) is 0 Å². The molecule has 2 aromatic rings. The zero-order valence-corrected chi connectivity index (χ0v) is 9.27. The Morgan fingerprint density at radius 3 is 2.50 bits per heavy atom. The number of Topliss-reactive ketones (excluding diaryl/α,β-unsaturated/α-hetero) is 1. The van der Waals surface area contributed by atoms with Crippen LogP contribution in [-0.4, -0.2) is 5.78 Å². The smallest absolute Gasteiger partial charge is 0.170 e. The fraction of sp³-hybridized carbons (Fsp3) is 0.214. The highest BCUT2D eigenvalue weighted by Crippen LogP contribution is 2.10. The zero-order chi connectivity index (χ0) is 11.4. The number of ketones is 1. The van der Waals surface area contributed by atoms with Crippen molar-refractivity contribution >= 4 is 5.78 Å². The van der Waals surface area contributed by atoms with Crippen LogP contribution in [0.5, 0.6) is 0 Å². The van der Waals surface area contributed by atoms with E-state index in [1.807, 2.05) is 30.3 Å². The Kier molecular flexibility index (Phi) is 3.20. The Labute approximate surface area is 94.9 Å². The number of furan rings is 1. The van der Waals surface area contributed by atoms with Crippen molar-refractivity contribution < 1.29 is 9.21 Å². The molecule has 0 unspecified atom stereocenters. The van der Waals surface area contributed by atoms with Crippen LogP contribution in [0.2, 0.25) is 0 Å². The molecule has 82 valence electrons. The first-order valence-corrected chi connectivity index (χ1v) is 5.44. The van der Waals surface area contributed by atoms with Gasteiger partial charge in [-0.25, -0.2) is 0 Å². The van der Waals surface area contributed by atoms with E-state index in [1.54, 1.807) is 12.3 Å². The van der Waals surface area contributed by atoms with Gasteiger partial charge in [0.05, 0.1) is 12.7 Å². The maximum absolute atomic E-state index is 11.9. The lowest BCUT2D eigenvalue weighted by Crippen LogP contribution is -2.02. The summed E-state index contributed by atoms with van der Waals surface area (Å²) in [7, 11) is 0. The number of hydrogen-bond donors (Lipinski definition) is 0. The summed E-state index contributed by atoms with van der Waals surface area (Å²) in [6, 6.07) is 11.4. The molecule has 0 N–H and O–H groups in total. The molecule has 2 nitrogen and oxygen atoms in total. The van der Waals surface area contributed by atoms with Gasteiger partial charge in [0.1, 0.15) is 5.76 Å². The quantitative estimate of drug-likeness (QED) is 0.731. The van der Waals surface area contributed by atoms with Crippen molar-refractivity contribution in [2.24, 2.45) is 0 Å². The summed E-state index contributed by atoms with van der Waals surface area (Å²) in [4.78, 5) is 11.9. The molecule has 0 saturated heterocycles. The number of carbonyl (C=O) groups excluding carboxylic acids is 1. The van der Waals surface area contributed by atoms with Crippen LogP contribution in [0.1, 0.15) is 28.6 Å². The van der Waals surface area contributed by atoms with Gasteiger partial charge in [0.15, 0.2) is 5.78 Å². The van der Waals surface area contributed by atoms with E-state index in [1.165, 1.54) is 5.56 Å². The van der Waals surface area contributed by atoms with E-state index in [2.05, 4.69) is 6.92 Å². The van der Waals surface area contributed by atoms with Gasteiger partial charge in [-0.2, -0.15) is 0 Å². The average Bonchev–Trinajstić information content (AvgIpc) is 2.82. The summed E-state index contributed by atoms with van der Waals surface area (Å²) in [6.45, 7) is 2.10. The van der Waals surface area contributed by atoms with E-state index in [9.17, 15) is 4.79 Å². The minimum atomic E-state index is 0.0950. The molecule has 0 aliphatic carbocycles. The molecule has 0 radical (unpaired) electrons. The monoisotopic (exact) mass is 214 g/mol. The van der Waals surface area contributed by atoms with Crippen LogP contribution in [0, 0.1) is 0 Å². The average molecular weight is 214 g/mol. The summed E-state index contributed by atoms with van der Waals surface area (Å²) in [6.07, 6.45) is 2.91. The maximum atomic E-state index is 11.9. The van der Waals surface area contributed by atoms with Gasteiger partial charge in [0, 0.05) is 5.56 Å². The third-order valence-electron chi connectivity index (χ3n) is 2.60. The summed E-state index contributed by atoms with van der Waals surface area (Å²) in [5.41, 5.74) is 1.99. The molecule has 16 heavy (non-hydrogen) atoms. The summed E-state index contributed by atoms with van der Waals surface area (Å²) >= 11 is 0. The molecular weight excluding hydrogens is 200 g/mol. The first-order valence-electron chi connectivity index (χ1n) is 5.44. The van der Waals surface area contributed by atoms with Crippen LogP contribution in [0.4, 0.5) is 0 Å². The molecule has 2 rings (SSSR count). The van der Waals surface area contributed by atoms with Gasteiger partial charge in [0.25, 0.3) is 0 Å². The number of carbonyl (C=O) groups is 1. The predicted octanol–water partition coefficient (Wildman–Crippen LogP) is 3.27. The summed E-state index contributed by atoms with van der Waals surface area (Å²) in [5.74, 6) is 0.808. The molecule has 0 amide bonds. The number of rotatable bonds is 4. The highest BCUT2D eigenvalue weighted by Gasteiger charge is 2.08. The fourth-order valence-electron chi connectivity index (χ4n) is 1.60. The van der Waals surface area contributed by atoms with Crippen molar-refractivity contribution in [2.45, 2.75) is 19.8 Å². The molecule has 0 fully saturated rings. The standard InChI is InChI=1S/C14H14O2/c1-2-11-5-7-12(8-6-11)14(15)10-13-4-3-9-16-13/h3-9H,2,10H2,1H3. The Balaban J connectivity index is 2.09. The first kappa shape index (κ1) is 10.7. The van der Waals surface area contributed by atoms with E-state index < -0.39 is 0 Å². The van der Waals surface area contributed by atoms with Gasteiger partial charge < -0.3 is 4.42 Å². The second-order valence-corrected chi connectivity index (χ2v) is 3.73. The molecule has 1 heterocycles. The Hall–Kier alpha value is -1.83. The van der Waals surface area contributed by atoms with E-state index in [0.29, 0.717) is 12.2 Å². The van der Waals surface area contributed by atoms with Gasteiger partial charge in [-0.1, -0.05) is 31.2 Å². The second-order valence-electron chi connectivity index (χ2n) is 3.73. The molecule has 2 heteroatoms. The molecule has 0 aliphatic heterocycles. The van der Waals surface area contributed by atoms with Gasteiger partial charge >= 0.3 is 0 Å². The normalized spacial score (nSPS) is 10.3. The molecular formula is C14H14O2. The largest absolute Gasteiger partial charge is 0.469 e. The molecule has 0 saturated carbocycles. The lowest BCUT2D eigenvalue weighted by atomic mass is 10.0. The molecule has 0 atom stereocenters. The fourth-order valence-corrected chi connectivity index (χ4v) is 1.60. The highest BCUT2D eigenvalue weighted by atomic mass is 16.3. The van der Waals surface area contributed by atoms with Crippen LogP contribution in [0.15, 0.2) is 47.1 Å². The van der Waals surface area contributed by atoms with Crippen molar-refractivity contribution in [2.75, 3.05) is 0 Å². The third kappa shape index (κ3) is 2.40. The first-order chi connectivity index (χ1) is 7.79. The maximum Gasteiger partial charge on any atom is 0.170 e. The predicted molar refractivity (Wildman–Crippen MR) is 62.6 cm³/mol. The Morgan fingerprint density at radius 2 is 1.94 bits per heavy atom. The SMILES string of the molecule is CCc1ccc(C(=O)Cc2ccco2)cc1. The van der Waals surface area contributed by atoms with Crippen molar-refractivity contribution in [1.82, 2.24) is 0 Å². The molecule has 1 aromatic carbocycles. The minimum Gasteiger partial charge on any atom is -0.469 e. The topological polar surface area (TPSA) is 30.2 Å². The van der Waals surface area contributed by atoms with Gasteiger partial charge in [-0.05, 0) is 24.1 Å². The van der Waals surface area contributed by atoms with Crippen LogP contribution < -0.4 is 0 Å². The lowest BCUT2D eigenvalue weighted by Gasteiger charge is -2.00. The molecule has 0 spiro atoms. The van der Waals surface area contributed by atoms with E-state index in [0.717, 1.165) is 12.0 Å². The van der Waals surface area contributed by atoms with Crippen molar-refractivity contribution in [3.05, 3.63) is 59.5 Å². The molecule has 1 aromatic heterocycles. The minimum absolute atomic E-state index is 0.0950. The lowest BCUT2D eigenvalue weighted by molar-refractivity contribution is 0.0987. The number of aryl methyl sites for hydroxylation is 1. The van der Waals surface area contributed by atoms with Gasteiger partial charge in [-0.15, -0.1) is 0 Å². The van der Waals surface area contributed by atoms with E-state index in [4.69, 9.17) is 4.42 Å². The van der Waals surface area contributed by atoms with Gasteiger partial charge in [0.2, 0.25) is 0 Å². The molecule has 0 aliphatic rings. The number of benzene rings is 1. The summed E-state index contributed by atoms with van der Waals surface area (Å²) < 4.78 is 5.15. The van der Waals surface area contributed by atoms with Crippen LogP contribution in [-0.2, 0) is 12.8 Å². The summed E-state index contributed by atoms with van der Waals surface area (Å²) in [5, 5.41) is 0.